The number of hydrogen-bond acceptors (Lipinski definition) is 1. The molecule has 0 aliphatic carbocycles. The highest BCUT2D eigenvalue weighted by Gasteiger charge is 2.10. The van der Waals surface area contributed by atoms with Crippen LogP contribution in [0.1, 0.15) is 5.56 Å². The lowest BCUT2D eigenvalue weighted by atomic mass is 9.94. The summed E-state index contributed by atoms with van der Waals surface area (Å²) in [5.41, 5.74) is 12.7. The largest absolute Gasteiger partial charge is 0.398 e. The van der Waals surface area contributed by atoms with Gasteiger partial charge in [0.25, 0.3) is 0 Å². The van der Waals surface area contributed by atoms with Crippen LogP contribution >= 0.6 is 11.6 Å². The number of halogens is 1. The lowest BCUT2D eigenvalue weighted by Gasteiger charge is -2.13. The molecule has 0 spiro atoms. The van der Waals surface area contributed by atoms with E-state index in [1.807, 2.05) is 42.5 Å². The lowest BCUT2D eigenvalue weighted by molar-refractivity contribution is 1.46. The molecule has 0 amide bonds. The van der Waals surface area contributed by atoms with Gasteiger partial charge in [-0.05, 0) is 47.9 Å². The number of anilines is 1. The van der Waals surface area contributed by atoms with Crippen molar-refractivity contribution in [1.29, 1.82) is 0 Å². The Morgan fingerprint density at radius 3 is 1.86 bits per heavy atom. The third-order valence-corrected chi connectivity index (χ3v) is 3.82. The number of nitrogen functional groups attached to an aromatic ring is 1. The fourth-order valence-electron chi connectivity index (χ4n) is 2.52. The highest BCUT2D eigenvalue weighted by Crippen LogP contribution is 2.36. The topological polar surface area (TPSA) is 26.0 Å². The quantitative estimate of drug-likeness (QED) is 0.615. The second-order valence-electron chi connectivity index (χ2n) is 5.15. The predicted octanol–water partition coefficient (Wildman–Crippen LogP) is 5.56. The van der Waals surface area contributed by atoms with Crippen LogP contribution in [-0.2, 0) is 0 Å². The first kappa shape index (κ1) is 13.7. The van der Waals surface area contributed by atoms with Crippen molar-refractivity contribution < 1.29 is 0 Å². The Morgan fingerprint density at radius 2 is 1.29 bits per heavy atom. The zero-order chi connectivity index (χ0) is 14.8. The van der Waals surface area contributed by atoms with Crippen LogP contribution in [0.5, 0.6) is 0 Å². The SMILES string of the molecule is Cc1cc(-c2ccccc2)c(N)c(-c2ccc(Cl)cc2)c1. The van der Waals surface area contributed by atoms with Crippen molar-refractivity contribution in [2.24, 2.45) is 0 Å². The molecule has 0 aromatic heterocycles. The molecule has 0 unspecified atom stereocenters. The molecule has 0 aliphatic rings. The van der Waals surface area contributed by atoms with Gasteiger partial charge in [-0.2, -0.15) is 0 Å². The van der Waals surface area contributed by atoms with Crippen LogP contribution in [0, 0.1) is 6.92 Å². The van der Waals surface area contributed by atoms with E-state index in [-0.39, 0.29) is 0 Å². The number of rotatable bonds is 2. The maximum absolute atomic E-state index is 6.42. The van der Waals surface area contributed by atoms with Crippen LogP contribution < -0.4 is 5.73 Å². The fraction of sp³-hybridized carbons (Fsp3) is 0.0526. The van der Waals surface area contributed by atoms with Gasteiger partial charge in [-0.25, -0.2) is 0 Å². The molecule has 0 bridgehead atoms. The van der Waals surface area contributed by atoms with Gasteiger partial charge in [0.05, 0.1) is 0 Å². The normalized spacial score (nSPS) is 10.6. The molecule has 2 heteroatoms. The molecule has 0 saturated heterocycles. The molecule has 3 aromatic carbocycles. The molecule has 2 N–H and O–H groups in total. The molecule has 0 saturated carbocycles. The number of aryl methyl sites for hydroxylation is 1. The second-order valence-corrected chi connectivity index (χ2v) is 5.58. The number of nitrogens with two attached hydrogens (primary N) is 1. The summed E-state index contributed by atoms with van der Waals surface area (Å²) < 4.78 is 0. The summed E-state index contributed by atoms with van der Waals surface area (Å²) in [6.45, 7) is 2.09. The molecule has 21 heavy (non-hydrogen) atoms. The van der Waals surface area contributed by atoms with E-state index in [4.69, 9.17) is 17.3 Å². The van der Waals surface area contributed by atoms with Gasteiger partial charge in [0, 0.05) is 21.8 Å². The Kier molecular flexibility index (Phi) is 3.68. The van der Waals surface area contributed by atoms with Crippen molar-refractivity contribution >= 4 is 17.3 Å². The smallest absolute Gasteiger partial charge is 0.0473 e. The van der Waals surface area contributed by atoms with Gasteiger partial charge in [0.15, 0.2) is 0 Å². The zero-order valence-electron chi connectivity index (χ0n) is 11.8. The average molecular weight is 294 g/mol. The molecule has 3 rings (SSSR count). The summed E-state index contributed by atoms with van der Waals surface area (Å²) >= 11 is 5.97. The Hall–Kier alpha value is -2.25. The van der Waals surface area contributed by atoms with E-state index < -0.39 is 0 Å². The van der Waals surface area contributed by atoms with Crippen molar-refractivity contribution in [2.45, 2.75) is 6.92 Å². The van der Waals surface area contributed by atoms with E-state index in [9.17, 15) is 0 Å². The number of benzene rings is 3. The minimum absolute atomic E-state index is 0.730. The highest BCUT2D eigenvalue weighted by molar-refractivity contribution is 6.30. The van der Waals surface area contributed by atoms with Gasteiger partial charge in [0.1, 0.15) is 0 Å². The van der Waals surface area contributed by atoms with Crippen molar-refractivity contribution in [3.05, 3.63) is 77.3 Å². The third-order valence-electron chi connectivity index (χ3n) is 3.56. The van der Waals surface area contributed by atoms with E-state index in [1.54, 1.807) is 0 Å². The van der Waals surface area contributed by atoms with E-state index in [0.29, 0.717) is 0 Å². The summed E-state index contributed by atoms with van der Waals surface area (Å²) in [6, 6.07) is 22.3. The second kappa shape index (κ2) is 5.63. The first-order valence-corrected chi connectivity index (χ1v) is 7.24. The van der Waals surface area contributed by atoms with Crippen molar-refractivity contribution in [3.63, 3.8) is 0 Å². The Bertz CT molecular complexity index is 762. The highest BCUT2D eigenvalue weighted by atomic mass is 35.5. The van der Waals surface area contributed by atoms with Gasteiger partial charge in [0.2, 0.25) is 0 Å². The van der Waals surface area contributed by atoms with Crippen LogP contribution in [0.15, 0.2) is 66.7 Å². The van der Waals surface area contributed by atoms with Crippen LogP contribution in [0.3, 0.4) is 0 Å². The Labute approximate surface area is 130 Å². The van der Waals surface area contributed by atoms with Crippen molar-refractivity contribution in [1.82, 2.24) is 0 Å². The van der Waals surface area contributed by atoms with Crippen molar-refractivity contribution in [2.75, 3.05) is 5.73 Å². The molecule has 1 nitrogen and oxygen atoms in total. The predicted molar refractivity (Wildman–Crippen MR) is 91.5 cm³/mol. The number of hydrogen-bond donors (Lipinski definition) is 1. The van der Waals surface area contributed by atoms with Crippen LogP contribution in [-0.4, -0.2) is 0 Å². The first-order chi connectivity index (χ1) is 10.1. The van der Waals surface area contributed by atoms with E-state index in [2.05, 4.69) is 31.2 Å². The molecule has 0 aliphatic heterocycles. The summed E-state index contributed by atoms with van der Waals surface area (Å²) in [7, 11) is 0. The first-order valence-electron chi connectivity index (χ1n) is 6.86. The third kappa shape index (κ3) is 2.79. The van der Waals surface area contributed by atoms with Crippen LogP contribution in [0.4, 0.5) is 5.69 Å². The summed E-state index contributed by atoms with van der Waals surface area (Å²) in [5.74, 6) is 0. The Morgan fingerprint density at radius 1 is 0.762 bits per heavy atom. The van der Waals surface area contributed by atoms with Crippen LogP contribution in [0.25, 0.3) is 22.3 Å². The maximum atomic E-state index is 6.42. The molecular weight excluding hydrogens is 278 g/mol. The molecule has 0 radical (unpaired) electrons. The maximum Gasteiger partial charge on any atom is 0.0473 e. The van der Waals surface area contributed by atoms with E-state index in [0.717, 1.165) is 33.0 Å². The van der Waals surface area contributed by atoms with Gasteiger partial charge in [-0.1, -0.05) is 54.1 Å². The molecule has 104 valence electrons. The van der Waals surface area contributed by atoms with E-state index in [1.165, 1.54) is 5.56 Å². The summed E-state index contributed by atoms with van der Waals surface area (Å²) in [5, 5.41) is 0.730. The zero-order valence-corrected chi connectivity index (χ0v) is 12.6. The average Bonchev–Trinajstić information content (AvgIpc) is 2.51. The van der Waals surface area contributed by atoms with Gasteiger partial charge >= 0.3 is 0 Å². The van der Waals surface area contributed by atoms with Gasteiger partial charge in [-0.15, -0.1) is 0 Å². The summed E-state index contributed by atoms with van der Waals surface area (Å²) in [6.07, 6.45) is 0. The molecule has 0 atom stereocenters. The minimum atomic E-state index is 0.730. The molecule has 0 fully saturated rings. The minimum Gasteiger partial charge on any atom is -0.398 e. The van der Waals surface area contributed by atoms with Crippen molar-refractivity contribution in [3.8, 4) is 22.3 Å². The molecule has 3 aromatic rings. The monoisotopic (exact) mass is 293 g/mol. The standard InChI is InChI=1S/C19H16ClN/c1-13-11-17(14-5-3-2-4-6-14)19(21)18(12-13)15-7-9-16(20)10-8-15/h2-12H,21H2,1H3. The van der Waals surface area contributed by atoms with Crippen LogP contribution in [0.2, 0.25) is 5.02 Å². The van der Waals surface area contributed by atoms with Gasteiger partial charge in [-0.3, -0.25) is 0 Å². The van der Waals surface area contributed by atoms with E-state index >= 15 is 0 Å². The lowest BCUT2D eigenvalue weighted by Crippen LogP contribution is -1.95. The van der Waals surface area contributed by atoms with Gasteiger partial charge < -0.3 is 5.73 Å². The molecule has 0 heterocycles. The fourth-order valence-corrected chi connectivity index (χ4v) is 2.65. The Balaban J connectivity index is 2.19. The summed E-state index contributed by atoms with van der Waals surface area (Å²) in [4.78, 5) is 0. The molecular formula is C19H16ClN.